The molecule has 0 saturated heterocycles. The van der Waals surface area contributed by atoms with Crippen LogP contribution in [0.25, 0.3) is 111 Å². The molecule has 73 heavy (non-hydrogen) atoms. The fourth-order valence-corrected chi connectivity index (χ4v) is 10.2. The van der Waals surface area contributed by atoms with Gasteiger partial charge in [-0.2, -0.15) is 0 Å². The normalized spacial score (nSPS) is 10.7. The predicted molar refractivity (Wildman–Crippen MR) is 310 cm³/mol. The molecule has 352 valence electrons. The third-order valence-electron chi connectivity index (χ3n) is 13.1. The van der Waals surface area contributed by atoms with E-state index in [-0.39, 0.29) is 0 Å². The third kappa shape index (κ3) is 10.7. The SMILES string of the molecule is [Cl][W][Cl].c1ccc(-c2c(-c3ccccc3)c(-c3ccccc3)[c-](-c3ccccc3)c2-c2ccccc2)cc1.c1ccc(-c2c(-c3ccccc3)c(-c3ccccc3)[c-](-c3ccccc3)c2-c2ccccc2)cc1. The summed E-state index contributed by atoms with van der Waals surface area (Å²) in [6.45, 7) is 0. The smallest absolute Gasteiger partial charge is 0.0465 e. The van der Waals surface area contributed by atoms with Crippen LogP contribution >= 0.6 is 18.8 Å². The summed E-state index contributed by atoms with van der Waals surface area (Å²) in [5.74, 6) is 0. The Kier molecular flexibility index (Phi) is 16.1. The molecule has 0 N–H and O–H groups in total. The molecule has 0 spiro atoms. The van der Waals surface area contributed by atoms with Gasteiger partial charge in [-0.1, -0.05) is 392 Å². The third-order valence-corrected chi connectivity index (χ3v) is 13.1. The second-order valence-corrected chi connectivity index (χ2v) is 21.7. The first kappa shape index (κ1) is 48.8. The molecule has 0 aliphatic heterocycles. The summed E-state index contributed by atoms with van der Waals surface area (Å²) in [6, 6.07) is 108. The zero-order valence-electron chi connectivity index (χ0n) is 40.0. The quantitative estimate of drug-likeness (QED) is 0.120. The van der Waals surface area contributed by atoms with E-state index in [2.05, 4.69) is 303 Å². The molecule has 0 heterocycles. The van der Waals surface area contributed by atoms with E-state index < -0.39 is 16.5 Å². The van der Waals surface area contributed by atoms with Gasteiger partial charge >= 0.3 is 35.3 Å². The maximum atomic E-state index is 4.93. The molecule has 0 atom stereocenters. The van der Waals surface area contributed by atoms with Crippen molar-refractivity contribution in [3.8, 4) is 111 Å². The summed E-state index contributed by atoms with van der Waals surface area (Å²) < 4.78 is 0. The minimum absolute atomic E-state index is 0.806. The van der Waals surface area contributed by atoms with Crippen LogP contribution in [0.2, 0.25) is 0 Å². The molecule has 0 aliphatic rings. The molecule has 3 heteroatoms. The van der Waals surface area contributed by atoms with Gasteiger partial charge in [-0.25, -0.2) is 0 Å². The number of rotatable bonds is 10. The van der Waals surface area contributed by atoms with Crippen LogP contribution in [0.4, 0.5) is 0 Å². The van der Waals surface area contributed by atoms with Crippen molar-refractivity contribution in [2.24, 2.45) is 0 Å². The zero-order valence-corrected chi connectivity index (χ0v) is 44.5. The fourth-order valence-electron chi connectivity index (χ4n) is 10.2. The Morgan fingerprint density at radius 2 is 0.329 bits per heavy atom. The summed E-state index contributed by atoms with van der Waals surface area (Å²) in [6.07, 6.45) is 0. The average Bonchev–Trinajstić information content (AvgIpc) is 4.04. The Morgan fingerprint density at radius 1 is 0.192 bits per heavy atom. The van der Waals surface area contributed by atoms with Gasteiger partial charge in [0.25, 0.3) is 0 Å². The second-order valence-electron chi connectivity index (χ2n) is 17.5. The van der Waals surface area contributed by atoms with Crippen LogP contribution in [0.15, 0.2) is 303 Å². The number of halogens is 2. The van der Waals surface area contributed by atoms with Crippen LogP contribution in [0.5, 0.6) is 0 Å². The number of hydrogen-bond donors (Lipinski definition) is 0. The monoisotopic (exact) mass is 1140 g/mol. The van der Waals surface area contributed by atoms with E-state index in [1.807, 2.05) is 0 Å². The van der Waals surface area contributed by atoms with E-state index in [1.165, 1.54) is 111 Å². The van der Waals surface area contributed by atoms with Gasteiger partial charge in [0.15, 0.2) is 0 Å². The summed E-state index contributed by atoms with van der Waals surface area (Å²) in [5.41, 5.74) is 25.0. The van der Waals surface area contributed by atoms with Crippen molar-refractivity contribution in [2.45, 2.75) is 0 Å². The van der Waals surface area contributed by atoms with Gasteiger partial charge in [0, 0.05) is 0 Å². The molecule has 0 amide bonds. The van der Waals surface area contributed by atoms with Crippen LogP contribution in [0.3, 0.4) is 0 Å². The topological polar surface area (TPSA) is 0 Å². The first-order valence-corrected chi connectivity index (χ1v) is 31.7. The summed E-state index contributed by atoms with van der Waals surface area (Å²) >= 11 is -0.806. The van der Waals surface area contributed by atoms with E-state index in [1.54, 1.807) is 0 Å². The molecule has 0 fully saturated rings. The van der Waals surface area contributed by atoms with Crippen LogP contribution in [0, 0.1) is 0 Å². The van der Waals surface area contributed by atoms with Gasteiger partial charge in [0.1, 0.15) is 0 Å². The first-order valence-electron chi connectivity index (χ1n) is 24.4. The van der Waals surface area contributed by atoms with E-state index in [4.69, 9.17) is 18.8 Å². The zero-order chi connectivity index (χ0) is 49.6. The Morgan fingerprint density at radius 3 is 0.493 bits per heavy atom. The van der Waals surface area contributed by atoms with Crippen molar-refractivity contribution in [1.82, 2.24) is 0 Å². The summed E-state index contributed by atoms with van der Waals surface area (Å²) in [4.78, 5) is 0. The molecule has 12 rings (SSSR count). The number of hydrogen-bond acceptors (Lipinski definition) is 0. The van der Waals surface area contributed by atoms with Gasteiger partial charge in [-0.05, 0) is 22.3 Å². The molecule has 0 saturated carbocycles. The largest absolute Gasteiger partial charge is 0.0999 e. The van der Waals surface area contributed by atoms with E-state index >= 15 is 0 Å². The minimum atomic E-state index is -0.806. The Hall–Kier alpha value is -7.83. The van der Waals surface area contributed by atoms with Crippen LogP contribution in [-0.4, -0.2) is 0 Å². The molecule has 0 nitrogen and oxygen atoms in total. The van der Waals surface area contributed by atoms with Crippen LogP contribution in [0.1, 0.15) is 0 Å². The van der Waals surface area contributed by atoms with Crippen molar-refractivity contribution < 1.29 is 16.5 Å². The van der Waals surface area contributed by atoms with E-state index in [0.29, 0.717) is 0 Å². The molecule has 0 bridgehead atoms. The fraction of sp³-hybridized carbons (Fsp3) is 0. The minimum Gasteiger partial charge on any atom is -0.0999 e. The Balaban J connectivity index is 0.000000159. The molecule has 0 unspecified atom stereocenters. The molecular weight excluding hydrogens is 1100 g/mol. The summed E-state index contributed by atoms with van der Waals surface area (Å²) in [7, 11) is 9.86. The molecule has 0 radical (unpaired) electrons. The van der Waals surface area contributed by atoms with Gasteiger partial charge in [0.2, 0.25) is 0 Å². The van der Waals surface area contributed by atoms with E-state index in [0.717, 1.165) is 0 Å². The standard InChI is InChI=1S/2C35H25.2ClH.W/c2*1-6-16-26(17-7-1)31-32(27-18-8-2-9-19-27)34(29-22-12-4-13-23-29)35(30-24-14-5-15-25-30)33(31)28-20-10-3-11-21-28;;;/h2*1-25H;2*1H;/q2*-1;;;+2/p-2. The summed E-state index contributed by atoms with van der Waals surface area (Å²) in [5, 5.41) is 0. The predicted octanol–water partition coefficient (Wildman–Crippen LogP) is 20.9. The van der Waals surface area contributed by atoms with E-state index in [9.17, 15) is 0 Å². The second kappa shape index (κ2) is 24.1. The van der Waals surface area contributed by atoms with Crippen molar-refractivity contribution in [2.75, 3.05) is 0 Å². The van der Waals surface area contributed by atoms with Crippen LogP contribution in [-0.2, 0) is 16.5 Å². The Labute approximate surface area is 446 Å². The number of benzene rings is 10. The van der Waals surface area contributed by atoms with Gasteiger partial charge in [0.05, 0.1) is 0 Å². The average molecular weight is 1150 g/mol. The van der Waals surface area contributed by atoms with Crippen molar-refractivity contribution in [3.63, 3.8) is 0 Å². The molecule has 12 aromatic rings. The first-order chi connectivity index (χ1) is 36.2. The van der Waals surface area contributed by atoms with Gasteiger partial charge in [-0.15, -0.1) is 0 Å². The van der Waals surface area contributed by atoms with Crippen molar-refractivity contribution in [3.05, 3.63) is 303 Å². The van der Waals surface area contributed by atoms with Gasteiger partial charge in [-0.3, -0.25) is 0 Å². The van der Waals surface area contributed by atoms with Crippen molar-refractivity contribution >= 4 is 18.8 Å². The maximum Gasteiger partial charge on any atom is -0.0465 e. The molecular formula is C70H50Cl2W-2. The van der Waals surface area contributed by atoms with Crippen LogP contribution < -0.4 is 0 Å². The Bertz CT molecular complexity index is 2740. The maximum absolute atomic E-state index is 4.93. The molecule has 0 aliphatic carbocycles. The van der Waals surface area contributed by atoms with Gasteiger partial charge < -0.3 is 0 Å². The molecule has 0 aromatic heterocycles. The van der Waals surface area contributed by atoms with Crippen molar-refractivity contribution in [1.29, 1.82) is 0 Å². The molecule has 12 aromatic carbocycles.